The first-order chi connectivity index (χ1) is 11.9. The van der Waals surface area contributed by atoms with Crippen LogP contribution in [-0.2, 0) is 6.18 Å². The van der Waals surface area contributed by atoms with Crippen LogP contribution in [-0.4, -0.2) is 19.9 Å². The maximum absolute atomic E-state index is 12.9. The van der Waals surface area contributed by atoms with Gasteiger partial charge in [0, 0.05) is 6.20 Å². The van der Waals surface area contributed by atoms with Gasteiger partial charge in [-0.3, -0.25) is 4.98 Å². The number of thiazole rings is 1. The first kappa shape index (κ1) is 16.0. The van der Waals surface area contributed by atoms with Gasteiger partial charge >= 0.3 is 6.18 Å². The summed E-state index contributed by atoms with van der Waals surface area (Å²) in [4.78, 5) is 16.5. The number of hydrogen-bond acceptors (Lipinski definition) is 4. The second-order valence-electron chi connectivity index (χ2n) is 5.18. The summed E-state index contributed by atoms with van der Waals surface area (Å²) in [5.74, 6) is 0.368. The third-order valence-corrected chi connectivity index (χ3v) is 4.71. The third kappa shape index (κ3) is 2.87. The lowest BCUT2D eigenvalue weighted by atomic mass is 10.2. The van der Waals surface area contributed by atoms with Crippen molar-refractivity contribution in [1.82, 2.24) is 19.9 Å². The number of benzene rings is 1. The number of halogens is 4. The summed E-state index contributed by atoms with van der Waals surface area (Å²) in [5, 5.41) is 0.462. The number of nitrogens with zero attached hydrogens (tertiary/aromatic N) is 3. The van der Waals surface area contributed by atoms with E-state index in [9.17, 15) is 13.2 Å². The molecule has 0 amide bonds. The minimum absolute atomic E-state index is 0.288. The van der Waals surface area contributed by atoms with Gasteiger partial charge < -0.3 is 4.98 Å². The van der Waals surface area contributed by atoms with E-state index in [1.807, 2.05) is 0 Å². The fourth-order valence-electron chi connectivity index (χ4n) is 2.43. The standard InChI is InChI=1S/C16H8ClF3N4S/c17-9-2-1-5-21-12(9)14-13(22-7-25-14)15-23-10-4-3-8(16(18,19)20)6-11(10)24-15/h1-7H,(H,23,24). The number of pyridine rings is 1. The Balaban J connectivity index is 1.84. The quantitative estimate of drug-likeness (QED) is 0.505. The molecule has 0 atom stereocenters. The zero-order valence-electron chi connectivity index (χ0n) is 12.3. The van der Waals surface area contributed by atoms with Crippen LogP contribution in [0.15, 0.2) is 42.0 Å². The molecule has 0 bridgehead atoms. The zero-order chi connectivity index (χ0) is 17.6. The van der Waals surface area contributed by atoms with E-state index >= 15 is 0 Å². The minimum Gasteiger partial charge on any atom is -0.337 e. The van der Waals surface area contributed by atoms with Crippen molar-refractivity contribution in [2.75, 3.05) is 0 Å². The highest BCUT2D eigenvalue weighted by atomic mass is 35.5. The molecule has 25 heavy (non-hydrogen) atoms. The van der Waals surface area contributed by atoms with Crippen molar-refractivity contribution < 1.29 is 13.2 Å². The van der Waals surface area contributed by atoms with E-state index in [-0.39, 0.29) is 5.52 Å². The summed E-state index contributed by atoms with van der Waals surface area (Å²) in [6, 6.07) is 6.79. The van der Waals surface area contributed by atoms with Crippen molar-refractivity contribution in [3.8, 4) is 22.1 Å². The van der Waals surface area contributed by atoms with Gasteiger partial charge in [0.1, 0.15) is 11.4 Å². The van der Waals surface area contributed by atoms with E-state index in [4.69, 9.17) is 11.6 Å². The molecule has 3 aromatic heterocycles. The summed E-state index contributed by atoms with van der Waals surface area (Å²) < 4.78 is 38.6. The molecular weight excluding hydrogens is 373 g/mol. The molecule has 4 aromatic rings. The van der Waals surface area contributed by atoms with Crippen LogP contribution < -0.4 is 0 Å². The van der Waals surface area contributed by atoms with Crippen LogP contribution in [0.1, 0.15) is 5.56 Å². The molecule has 126 valence electrons. The van der Waals surface area contributed by atoms with E-state index in [1.54, 1.807) is 23.8 Å². The maximum Gasteiger partial charge on any atom is 0.416 e. The number of H-pyrrole nitrogens is 1. The molecule has 0 radical (unpaired) electrons. The smallest absolute Gasteiger partial charge is 0.337 e. The number of hydrogen-bond donors (Lipinski definition) is 1. The van der Waals surface area contributed by atoms with Crippen molar-refractivity contribution in [3.05, 3.63) is 52.6 Å². The second kappa shape index (κ2) is 5.82. The number of nitrogens with one attached hydrogen (secondary N) is 1. The second-order valence-corrected chi connectivity index (χ2v) is 6.44. The number of rotatable bonds is 2. The Morgan fingerprint density at radius 3 is 2.68 bits per heavy atom. The van der Waals surface area contributed by atoms with Gasteiger partial charge in [0.25, 0.3) is 0 Å². The van der Waals surface area contributed by atoms with Crippen molar-refractivity contribution in [1.29, 1.82) is 0 Å². The summed E-state index contributed by atoms with van der Waals surface area (Å²) in [6.45, 7) is 0. The molecule has 0 saturated heterocycles. The molecule has 3 heterocycles. The summed E-state index contributed by atoms with van der Waals surface area (Å²) in [7, 11) is 0. The lowest BCUT2D eigenvalue weighted by Crippen LogP contribution is -2.04. The van der Waals surface area contributed by atoms with Gasteiger partial charge in [0.2, 0.25) is 0 Å². The topological polar surface area (TPSA) is 54.5 Å². The van der Waals surface area contributed by atoms with E-state index in [0.29, 0.717) is 32.6 Å². The van der Waals surface area contributed by atoms with Crippen LogP contribution >= 0.6 is 22.9 Å². The maximum atomic E-state index is 12.9. The molecule has 4 rings (SSSR count). The molecule has 0 unspecified atom stereocenters. The van der Waals surface area contributed by atoms with Crippen LogP contribution in [0.2, 0.25) is 5.02 Å². The summed E-state index contributed by atoms with van der Waals surface area (Å²) >= 11 is 7.52. The van der Waals surface area contributed by atoms with Gasteiger partial charge in [0.15, 0.2) is 5.82 Å². The van der Waals surface area contributed by atoms with E-state index < -0.39 is 11.7 Å². The first-order valence-corrected chi connectivity index (χ1v) is 8.31. The van der Waals surface area contributed by atoms with E-state index in [0.717, 1.165) is 12.1 Å². The minimum atomic E-state index is -4.41. The van der Waals surface area contributed by atoms with Gasteiger partial charge in [0.05, 0.1) is 32.0 Å². The third-order valence-electron chi connectivity index (χ3n) is 3.57. The SMILES string of the molecule is FC(F)(F)c1ccc2nc(-c3ncsc3-c3ncccc3Cl)[nH]c2c1. The number of aromatic nitrogens is 4. The molecule has 0 aliphatic carbocycles. The average Bonchev–Trinajstić information content (AvgIpc) is 3.20. The molecule has 0 spiro atoms. The molecular formula is C16H8ClF3N4S. The molecule has 1 N–H and O–H groups in total. The largest absolute Gasteiger partial charge is 0.416 e. The van der Waals surface area contributed by atoms with Crippen molar-refractivity contribution >= 4 is 34.0 Å². The lowest BCUT2D eigenvalue weighted by Gasteiger charge is -2.05. The fourth-order valence-corrected chi connectivity index (χ4v) is 3.50. The molecule has 0 saturated carbocycles. The van der Waals surface area contributed by atoms with Crippen LogP contribution in [0.4, 0.5) is 13.2 Å². The first-order valence-electron chi connectivity index (χ1n) is 7.05. The Hall–Kier alpha value is -2.45. The fraction of sp³-hybridized carbons (Fsp3) is 0.0625. The average molecular weight is 381 g/mol. The van der Waals surface area contributed by atoms with Gasteiger partial charge in [-0.15, -0.1) is 11.3 Å². The van der Waals surface area contributed by atoms with Crippen LogP contribution in [0.3, 0.4) is 0 Å². The van der Waals surface area contributed by atoms with Crippen LogP contribution in [0, 0.1) is 0 Å². The van der Waals surface area contributed by atoms with Gasteiger partial charge in [-0.25, -0.2) is 9.97 Å². The van der Waals surface area contributed by atoms with Crippen molar-refractivity contribution in [3.63, 3.8) is 0 Å². The highest BCUT2D eigenvalue weighted by Crippen LogP contribution is 2.37. The van der Waals surface area contributed by atoms with Crippen LogP contribution in [0.5, 0.6) is 0 Å². The monoisotopic (exact) mass is 380 g/mol. The zero-order valence-corrected chi connectivity index (χ0v) is 13.9. The molecule has 0 aliphatic rings. The Morgan fingerprint density at radius 1 is 1.08 bits per heavy atom. The van der Waals surface area contributed by atoms with Gasteiger partial charge in [-0.05, 0) is 30.3 Å². The van der Waals surface area contributed by atoms with Crippen molar-refractivity contribution in [2.45, 2.75) is 6.18 Å². The predicted molar refractivity (Wildman–Crippen MR) is 90.4 cm³/mol. The molecule has 0 aliphatic heterocycles. The summed E-state index contributed by atoms with van der Waals surface area (Å²) in [6.07, 6.45) is -2.80. The van der Waals surface area contributed by atoms with Crippen LogP contribution in [0.25, 0.3) is 33.1 Å². The normalized spacial score (nSPS) is 12.0. The summed E-state index contributed by atoms with van der Waals surface area (Å²) in [5.41, 5.74) is 2.64. The Kier molecular flexibility index (Phi) is 3.73. The number of imidazole rings is 1. The van der Waals surface area contributed by atoms with Gasteiger partial charge in [-0.2, -0.15) is 13.2 Å². The highest BCUT2D eigenvalue weighted by Gasteiger charge is 2.31. The van der Waals surface area contributed by atoms with E-state index in [2.05, 4.69) is 19.9 Å². The number of aromatic amines is 1. The Morgan fingerprint density at radius 2 is 1.92 bits per heavy atom. The Bertz CT molecular complexity index is 1070. The number of alkyl halides is 3. The molecule has 1 aromatic carbocycles. The predicted octanol–water partition coefficient (Wildman–Crippen LogP) is 5.42. The number of fused-ring (bicyclic) bond motifs is 1. The highest BCUT2D eigenvalue weighted by molar-refractivity contribution is 7.13. The molecule has 4 nitrogen and oxygen atoms in total. The Labute approximate surface area is 148 Å². The molecule has 9 heteroatoms. The lowest BCUT2D eigenvalue weighted by molar-refractivity contribution is -0.137. The van der Waals surface area contributed by atoms with Crippen molar-refractivity contribution in [2.24, 2.45) is 0 Å². The van der Waals surface area contributed by atoms with Gasteiger partial charge in [-0.1, -0.05) is 11.6 Å². The molecule has 0 fully saturated rings. The van der Waals surface area contributed by atoms with E-state index in [1.165, 1.54) is 17.4 Å².